The summed E-state index contributed by atoms with van der Waals surface area (Å²) in [5, 5.41) is -0.0394. The highest BCUT2D eigenvalue weighted by atomic mass is 35.5. The van der Waals surface area contributed by atoms with Gasteiger partial charge < -0.3 is 0 Å². The Balaban J connectivity index is 2.47. The first-order valence-corrected chi connectivity index (χ1v) is 8.09. The zero-order chi connectivity index (χ0) is 16.3. The Morgan fingerprint density at radius 3 is 2.27 bits per heavy atom. The second-order valence-corrected chi connectivity index (χ2v) is 6.50. The SMILES string of the molecule is Cc1cc(Cl)ccc1C(Cl)N(C(=O)C(C)Cl)c1ccccc1. The van der Waals surface area contributed by atoms with Crippen LogP contribution in [0, 0.1) is 6.92 Å². The Labute approximate surface area is 145 Å². The Morgan fingerprint density at radius 2 is 1.73 bits per heavy atom. The van der Waals surface area contributed by atoms with E-state index in [1.54, 1.807) is 13.0 Å². The molecule has 0 fully saturated rings. The van der Waals surface area contributed by atoms with E-state index in [0.29, 0.717) is 10.7 Å². The number of amides is 1. The van der Waals surface area contributed by atoms with Gasteiger partial charge in [-0.1, -0.05) is 47.5 Å². The van der Waals surface area contributed by atoms with Crippen LogP contribution in [0.25, 0.3) is 0 Å². The van der Waals surface area contributed by atoms with Gasteiger partial charge in [0.2, 0.25) is 5.91 Å². The average molecular weight is 357 g/mol. The smallest absolute Gasteiger partial charge is 0.246 e. The summed E-state index contributed by atoms with van der Waals surface area (Å²) in [4.78, 5) is 14.0. The van der Waals surface area contributed by atoms with E-state index in [2.05, 4.69) is 0 Å². The van der Waals surface area contributed by atoms with Crippen LogP contribution in [-0.4, -0.2) is 11.3 Å². The van der Waals surface area contributed by atoms with Crippen LogP contribution in [0.2, 0.25) is 5.02 Å². The Hall–Kier alpha value is -1.22. The Bertz CT molecular complexity index is 658. The number of para-hydroxylation sites is 1. The largest absolute Gasteiger partial charge is 0.290 e. The number of nitrogens with zero attached hydrogens (tertiary/aromatic N) is 1. The summed E-state index contributed by atoms with van der Waals surface area (Å²) in [6.45, 7) is 3.55. The second-order valence-electron chi connectivity index (χ2n) is 5.00. The predicted molar refractivity (Wildman–Crippen MR) is 94.0 cm³/mol. The fourth-order valence-corrected chi connectivity index (χ4v) is 2.98. The number of benzene rings is 2. The Kier molecular flexibility index (Phi) is 5.74. The number of alkyl halides is 2. The molecule has 0 aliphatic heterocycles. The summed E-state index contributed by atoms with van der Waals surface area (Å²) in [5.74, 6) is -0.248. The summed E-state index contributed by atoms with van der Waals surface area (Å²) in [6, 6.07) is 14.7. The molecular formula is C17H16Cl3NO. The van der Waals surface area contributed by atoms with Crippen LogP contribution in [-0.2, 0) is 4.79 Å². The lowest BCUT2D eigenvalue weighted by molar-refractivity contribution is -0.118. The van der Waals surface area contributed by atoms with Crippen molar-refractivity contribution in [2.45, 2.75) is 24.7 Å². The topological polar surface area (TPSA) is 20.3 Å². The predicted octanol–water partition coefficient (Wildman–Crippen LogP) is 5.55. The van der Waals surface area contributed by atoms with E-state index in [9.17, 15) is 4.79 Å². The maximum Gasteiger partial charge on any atom is 0.246 e. The fourth-order valence-electron chi connectivity index (χ4n) is 2.20. The molecule has 116 valence electrons. The minimum atomic E-state index is -0.672. The van der Waals surface area contributed by atoms with E-state index >= 15 is 0 Å². The molecule has 0 aliphatic carbocycles. The summed E-state index contributed by atoms with van der Waals surface area (Å²) in [7, 11) is 0. The van der Waals surface area contributed by atoms with Crippen molar-refractivity contribution in [2.75, 3.05) is 4.90 Å². The first-order valence-electron chi connectivity index (χ1n) is 6.84. The van der Waals surface area contributed by atoms with E-state index < -0.39 is 10.9 Å². The van der Waals surface area contributed by atoms with Gasteiger partial charge in [-0.15, -0.1) is 11.6 Å². The first kappa shape index (κ1) is 17.1. The van der Waals surface area contributed by atoms with Crippen molar-refractivity contribution in [3.63, 3.8) is 0 Å². The molecule has 0 spiro atoms. The normalized spacial score (nSPS) is 13.5. The van der Waals surface area contributed by atoms with Gasteiger partial charge >= 0.3 is 0 Å². The molecule has 0 saturated carbocycles. The van der Waals surface area contributed by atoms with Crippen LogP contribution >= 0.6 is 34.8 Å². The molecule has 0 heterocycles. The fraction of sp³-hybridized carbons (Fsp3) is 0.235. The van der Waals surface area contributed by atoms with Crippen LogP contribution in [0.4, 0.5) is 5.69 Å². The van der Waals surface area contributed by atoms with Crippen LogP contribution in [0.1, 0.15) is 23.6 Å². The quantitative estimate of drug-likeness (QED) is 0.520. The van der Waals surface area contributed by atoms with Crippen LogP contribution in [0.15, 0.2) is 48.5 Å². The van der Waals surface area contributed by atoms with Crippen LogP contribution in [0.3, 0.4) is 0 Å². The summed E-state index contributed by atoms with van der Waals surface area (Å²) in [5.41, 5.74) is 1.78. The highest BCUT2D eigenvalue weighted by molar-refractivity contribution is 6.34. The number of aryl methyl sites for hydroxylation is 1. The van der Waals surface area contributed by atoms with Crippen LogP contribution < -0.4 is 4.90 Å². The Morgan fingerprint density at radius 1 is 1.09 bits per heavy atom. The molecule has 0 bridgehead atoms. The van der Waals surface area contributed by atoms with E-state index in [4.69, 9.17) is 34.8 Å². The number of carbonyl (C=O) groups excluding carboxylic acids is 1. The van der Waals surface area contributed by atoms with Gasteiger partial charge in [0.05, 0.1) is 0 Å². The molecule has 0 radical (unpaired) electrons. The van der Waals surface area contributed by atoms with Crippen LogP contribution in [0.5, 0.6) is 0 Å². The van der Waals surface area contributed by atoms with E-state index in [-0.39, 0.29) is 5.91 Å². The van der Waals surface area contributed by atoms with Crippen molar-refractivity contribution in [3.05, 3.63) is 64.7 Å². The number of rotatable bonds is 4. The number of carbonyl (C=O) groups is 1. The molecule has 2 aromatic carbocycles. The lowest BCUT2D eigenvalue weighted by atomic mass is 10.1. The molecule has 2 aromatic rings. The van der Waals surface area contributed by atoms with Crippen molar-refractivity contribution in [3.8, 4) is 0 Å². The zero-order valence-corrected chi connectivity index (χ0v) is 14.5. The molecule has 2 atom stereocenters. The molecular weight excluding hydrogens is 341 g/mol. The number of hydrogen-bond acceptors (Lipinski definition) is 1. The molecule has 0 saturated heterocycles. The van der Waals surface area contributed by atoms with Gasteiger partial charge in [-0.25, -0.2) is 0 Å². The molecule has 1 amide bonds. The van der Waals surface area contributed by atoms with E-state index in [1.165, 1.54) is 4.90 Å². The van der Waals surface area contributed by atoms with Crippen molar-refractivity contribution in [2.24, 2.45) is 0 Å². The van der Waals surface area contributed by atoms with Gasteiger partial charge in [0.1, 0.15) is 10.9 Å². The maximum atomic E-state index is 12.5. The molecule has 5 heteroatoms. The van der Waals surface area contributed by atoms with Crippen molar-refractivity contribution < 1.29 is 4.79 Å². The summed E-state index contributed by atoms with van der Waals surface area (Å²) in [6.07, 6.45) is 0. The molecule has 2 unspecified atom stereocenters. The zero-order valence-electron chi connectivity index (χ0n) is 12.3. The monoisotopic (exact) mass is 355 g/mol. The molecule has 0 aliphatic rings. The van der Waals surface area contributed by atoms with Gasteiger partial charge in [-0.3, -0.25) is 9.69 Å². The molecule has 22 heavy (non-hydrogen) atoms. The third-order valence-corrected chi connectivity index (χ3v) is 4.18. The number of anilines is 1. The molecule has 2 nitrogen and oxygen atoms in total. The van der Waals surface area contributed by atoms with Gasteiger partial charge in [0.15, 0.2) is 0 Å². The highest BCUT2D eigenvalue weighted by Gasteiger charge is 2.28. The molecule has 0 aromatic heterocycles. The summed E-state index contributed by atoms with van der Waals surface area (Å²) >= 11 is 18.6. The average Bonchev–Trinajstić information content (AvgIpc) is 2.48. The molecule has 0 N–H and O–H groups in total. The van der Waals surface area contributed by atoms with E-state index in [1.807, 2.05) is 49.4 Å². The third kappa shape index (κ3) is 3.75. The lowest BCUT2D eigenvalue weighted by Crippen LogP contribution is -2.37. The molecule has 2 rings (SSSR count). The van der Waals surface area contributed by atoms with Gasteiger partial charge in [0.25, 0.3) is 0 Å². The third-order valence-electron chi connectivity index (χ3n) is 3.33. The van der Waals surface area contributed by atoms with Crippen molar-refractivity contribution >= 4 is 46.4 Å². The van der Waals surface area contributed by atoms with Crippen molar-refractivity contribution in [1.82, 2.24) is 0 Å². The summed E-state index contributed by atoms with van der Waals surface area (Å²) < 4.78 is 0. The minimum absolute atomic E-state index is 0.248. The number of halogens is 3. The van der Waals surface area contributed by atoms with Gasteiger partial charge in [-0.2, -0.15) is 0 Å². The second kappa shape index (κ2) is 7.36. The van der Waals surface area contributed by atoms with Crippen molar-refractivity contribution in [1.29, 1.82) is 0 Å². The highest BCUT2D eigenvalue weighted by Crippen LogP contribution is 2.34. The first-order chi connectivity index (χ1) is 10.4. The minimum Gasteiger partial charge on any atom is -0.290 e. The van der Waals surface area contributed by atoms with Gasteiger partial charge in [0, 0.05) is 10.7 Å². The standard InChI is InChI=1S/C17H16Cl3NO/c1-11-10-13(19)8-9-15(11)16(20)21(17(22)12(2)18)14-6-4-3-5-7-14/h3-10,12,16H,1-2H3. The lowest BCUT2D eigenvalue weighted by Gasteiger charge is -2.30. The van der Waals surface area contributed by atoms with Gasteiger partial charge in [-0.05, 0) is 49.2 Å². The van der Waals surface area contributed by atoms with E-state index in [0.717, 1.165) is 11.1 Å². The maximum absolute atomic E-state index is 12.5. The number of hydrogen-bond donors (Lipinski definition) is 0.